The van der Waals surface area contributed by atoms with Crippen LogP contribution in [0.4, 0.5) is 0 Å². The van der Waals surface area contributed by atoms with Crippen LogP contribution >= 0.6 is 11.6 Å². The van der Waals surface area contributed by atoms with Crippen molar-refractivity contribution in [2.75, 3.05) is 0 Å². The van der Waals surface area contributed by atoms with Gasteiger partial charge < -0.3 is 5.11 Å². The van der Waals surface area contributed by atoms with Crippen molar-refractivity contribution < 1.29 is 9.90 Å². The SMILES string of the molecule is CC1(C)C(C=C2CCCC2)C1(Cl)C(=O)O. The van der Waals surface area contributed by atoms with E-state index >= 15 is 0 Å². The number of carboxylic acid groups (broad SMARTS) is 1. The molecule has 2 nitrogen and oxygen atoms in total. The number of aliphatic carboxylic acids is 1. The van der Waals surface area contributed by atoms with Gasteiger partial charge in [0.15, 0.2) is 4.87 Å². The van der Waals surface area contributed by atoms with Crippen LogP contribution in [0.15, 0.2) is 11.6 Å². The molecule has 2 aliphatic carbocycles. The molecule has 0 spiro atoms. The van der Waals surface area contributed by atoms with Gasteiger partial charge >= 0.3 is 5.97 Å². The van der Waals surface area contributed by atoms with Crippen LogP contribution < -0.4 is 0 Å². The Kier molecular flexibility index (Phi) is 2.38. The van der Waals surface area contributed by atoms with E-state index in [1.807, 2.05) is 13.8 Å². The Balaban J connectivity index is 2.19. The molecule has 0 aromatic heterocycles. The fourth-order valence-electron chi connectivity index (χ4n) is 2.71. The lowest BCUT2D eigenvalue weighted by Gasteiger charge is -2.03. The molecule has 1 N–H and O–H groups in total. The predicted molar refractivity (Wildman–Crippen MR) is 60.0 cm³/mol. The monoisotopic (exact) mass is 228 g/mol. The van der Waals surface area contributed by atoms with Gasteiger partial charge in [-0.2, -0.15) is 0 Å². The first-order valence-electron chi connectivity index (χ1n) is 5.52. The van der Waals surface area contributed by atoms with Crippen LogP contribution in [0.5, 0.6) is 0 Å². The van der Waals surface area contributed by atoms with Crippen LogP contribution in [0.25, 0.3) is 0 Å². The lowest BCUT2D eigenvalue weighted by Crippen LogP contribution is -2.21. The van der Waals surface area contributed by atoms with Gasteiger partial charge in [-0.15, -0.1) is 11.6 Å². The topological polar surface area (TPSA) is 37.3 Å². The maximum Gasteiger partial charge on any atom is 0.325 e. The summed E-state index contributed by atoms with van der Waals surface area (Å²) in [5.41, 5.74) is 1.09. The largest absolute Gasteiger partial charge is 0.480 e. The van der Waals surface area contributed by atoms with E-state index in [1.165, 1.54) is 18.4 Å². The second-order valence-corrected chi connectivity index (χ2v) is 5.84. The van der Waals surface area contributed by atoms with Crippen molar-refractivity contribution in [3.8, 4) is 0 Å². The molecule has 2 aliphatic rings. The lowest BCUT2D eigenvalue weighted by atomic mass is 10.1. The minimum atomic E-state index is -1.07. The van der Waals surface area contributed by atoms with E-state index in [1.54, 1.807) is 0 Å². The minimum absolute atomic E-state index is 0.00253. The molecule has 0 aromatic rings. The van der Waals surface area contributed by atoms with E-state index in [2.05, 4.69) is 6.08 Å². The van der Waals surface area contributed by atoms with Gasteiger partial charge in [0.1, 0.15) is 0 Å². The fourth-order valence-corrected chi connectivity index (χ4v) is 3.11. The van der Waals surface area contributed by atoms with E-state index in [0.29, 0.717) is 0 Å². The molecule has 2 fully saturated rings. The first kappa shape index (κ1) is 11.0. The molecule has 0 aliphatic heterocycles. The van der Waals surface area contributed by atoms with Gasteiger partial charge in [-0.05, 0) is 25.7 Å². The second kappa shape index (κ2) is 3.24. The first-order chi connectivity index (χ1) is 6.90. The third-order valence-electron chi connectivity index (χ3n) is 4.02. The molecule has 0 aromatic carbocycles. The third kappa shape index (κ3) is 1.42. The van der Waals surface area contributed by atoms with Crippen molar-refractivity contribution in [2.24, 2.45) is 11.3 Å². The van der Waals surface area contributed by atoms with Gasteiger partial charge in [-0.1, -0.05) is 25.5 Å². The number of alkyl halides is 1. The molecule has 2 unspecified atom stereocenters. The quantitative estimate of drug-likeness (QED) is 0.582. The fraction of sp³-hybridized carbons (Fsp3) is 0.750. The van der Waals surface area contributed by atoms with Gasteiger partial charge in [-0.25, -0.2) is 0 Å². The molecule has 0 amide bonds. The molecule has 3 heteroatoms. The number of carbonyl (C=O) groups is 1. The molecule has 84 valence electrons. The molecule has 15 heavy (non-hydrogen) atoms. The van der Waals surface area contributed by atoms with Crippen molar-refractivity contribution in [3.05, 3.63) is 11.6 Å². The van der Waals surface area contributed by atoms with Crippen LogP contribution in [0.1, 0.15) is 39.5 Å². The molecule has 0 radical (unpaired) electrons. The highest BCUT2D eigenvalue weighted by atomic mass is 35.5. The van der Waals surface area contributed by atoms with Crippen molar-refractivity contribution in [1.82, 2.24) is 0 Å². The number of carboxylic acids is 1. The summed E-state index contributed by atoms with van der Waals surface area (Å²) < 4.78 is 0. The standard InChI is InChI=1S/C12H17ClO2/c1-11(2)9(12(11,13)10(14)15)7-8-5-3-4-6-8/h7,9H,3-6H2,1-2H3,(H,14,15). The summed E-state index contributed by atoms with van der Waals surface area (Å²) in [5, 5.41) is 9.13. The van der Waals surface area contributed by atoms with Crippen LogP contribution in [0.2, 0.25) is 0 Å². The Bertz CT molecular complexity index is 325. The predicted octanol–water partition coefficient (Wildman–Crippen LogP) is 3.21. The summed E-state index contributed by atoms with van der Waals surface area (Å²) >= 11 is 6.17. The van der Waals surface area contributed by atoms with Gasteiger partial charge in [0.2, 0.25) is 0 Å². The smallest absolute Gasteiger partial charge is 0.325 e. The van der Waals surface area contributed by atoms with E-state index in [-0.39, 0.29) is 11.3 Å². The van der Waals surface area contributed by atoms with Gasteiger partial charge in [0.05, 0.1) is 0 Å². The Labute approximate surface area is 95.3 Å². The summed E-state index contributed by atoms with van der Waals surface area (Å²) in [5.74, 6) is -0.883. The maximum atomic E-state index is 11.1. The van der Waals surface area contributed by atoms with E-state index in [9.17, 15) is 4.79 Å². The lowest BCUT2D eigenvalue weighted by molar-refractivity contribution is -0.138. The summed E-state index contributed by atoms with van der Waals surface area (Å²) in [6, 6.07) is 0. The molecule has 2 rings (SSSR count). The summed E-state index contributed by atoms with van der Waals surface area (Å²) in [6.45, 7) is 3.87. The molecular formula is C12H17ClO2. The number of hydrogen-bond acceptors (Lipinski definition) is 1. The summed E-state index contributed by atoms with van der Waals surface area (Å²) in [7, 11) is 0. The van der Waals surface area contributed by atoms with Crippen molar-refractivity contribution in [1.29, 1.82) is 0 Å². The summed E-state index contributed by atoms with van der Waals surface area (Å²) in [4.78, 5) is 10.1. The molecule has 0 heterocycles. The van der Waals surface area contributed by atoms with E-state index in [4.69, 9.17) is 16.7 Å². The number of hydrogen-bond donors (Lipinski definition) is 1. The van der Waals surface area contributed by atoms with Crippen molar-refractivity contribution >= 4 is 17.6 Å². The summed E-state index contributed by atoms with van der Waals surface area (Å²) in [6.07, 6.45) is 6.84. The van der Waals surface area contributed by atoms with Crippen LogP contribution in [0.3, 0.4) is 0 Å². The Morgan fingerprint density at radius 2 is 2.00 bits per heavy atom. The number of rotatable bonds is 2. The van der Waals surface area contributed by atoms with Gasteiger partial charge in [0.25, 0.3) is 0 Å². The highest BCUT2D eigenvalue weighted by Crippen LogP contribution is 2.67. The first-order valence-corrected chi connectivity index (χ1v) is 5.90. The average molecular weight is 229 g/mol. The molecule has 2 atom stereocenters. The zero-order chi connectivity index (χ0) is 11.3. The average Bonchev–Trinajstić information content (AvgIpc) is 2.61. The Morgan fingerprint density at radius 1 is 1.47 bits per heavy atom. The van der Waals surface area contributed by atoms with Gasteiger partial charge in [-0.3, -0.25) is 4.79 Å². The Hall–Kier alpha value is -0.500. The molecule has 0 bridgehead atoms. The zero-order valence-corrected chi connectivity index (χ0v) is 9.97. The van der Waals surface area contributed by atoms with E-state index in [0.717, 1.165) is 12.8 Å². The van der Waals surface area contributed by atoms with Crippen LogP contribution in [0, 0.1) is 11.3 Å². The third-order valence-corrected chi connectivity index (χ3v) is 4.90. The number of allylic oxidation sites excluding steroid dienone is 2. The molecule has 0 saturated heterocycles. The molecular weight excluding hydrogens is 212 g/mol. The van der Waals surface area contributed by atoms with Crippen molar-refractivity contribution in [2.45, 2.75) is 44.4 Å². The van der Waals surface area contributed by atoms with Crippen LogP contribution in [-0.2, 0) is 4.79 Å². The van der Waals surface area contributed by atoms with Crippen LogP contribution in [-0.4, -0.2) is 16.0 Å². The van der Waals surface area contributed by atoms with Gasteiger partial charge in [0, 0.05) is 11.3 Å². The highest BCUT2D eigenvalue weighted by molar-refractivity contribution is 6.37. The normalized spacial score (nSPS) is 37.8. The highest BCUT2D eigenvalue weighted by Gasteiger charge is 2.74. The number of halogens is 1. The molecule has 2 saturated carbocycles. The van der Waals surface area contributed by atoms with Crippen molar-refractivity contribution in [3.63, 3.8) is 0 Å². The zero-order valence-electron chi connectivity index (χ0n) is 9.22. The maximum absolute atomic E-state index is 11.1. The minimum Gasteiger partial charge on any atom is -0.480 e. The van der Waals surface area contributed by atoms with E-state index < -0.39 is 10.8 Å². The Morgan fingerprint density at radius 3 is 2.40 bits per heavy atom. The second-order valence-electron chi connectivity index (χ2n) is 5.25.